The summed E-state index contributed by atoms with van der Waals surface area (Å²) in [5, 5.41) is 0. The van der Waals surface area contributed by atoms with Gasteiger partial charge in [-0.3, -0.25) is 0 Å². The lowest BCUT2D eigenvalue weighted by molar-refractivity contribution is -0.0553. The maximum Gasteiger partial charge on any atom is 0.248 e. The van der Waals surface area contributed by atoms with Crippen LogP contribution in [-0.4, -0.2) is 11.8 Å². The van der Waals surface area contributed by atoms with Gasteiger partial charge < -0.3 is 0 Å². The van der Waals surface area contributed by atoms with E-state index in [-0.39, 0.29) is 18.8 Å². The van der Waals surface area contributed by atoms with Gasteiger partial charge in [0.15, 0.2) is 0 Å². The van der Waals surface area contributed by atoms with Gasteiger partial charge >= 0.3 is 0 Å². The third kappa shape index (κ3) is 4.76. The summed E-state index contributed by atoms with van der Waals surface area (Å²) in [5.41, 5.74) is 1.25. The minimum absolute atomic E-state index is 0.0508. The quantitative estimate of drug-likeness (QED) is 0.644. The fraction of sp³-hybridized carbons (Fsp3) is 0.625. The highest BCUT2D eigenvalue weighted by molar-refractivity contribution is 6.18. The highest BCUT2D eigenvalue weighted by atomic mass is 35.5. The van der Waals surface area contributed by atoms with Crippen LogP contribution in [0.2, 0.25) is 0 Å². The number of rotatable bonds is 5. The van der Waals surface area contributed by atoms with Crippen LogP contribution in [0.25, 0.3) is 0 Å². The van der Waals surface area contributed by atoms with Crippen LogP contribution in [0.1, 0.15) is 37.7 Å². The molecular formula is C16H21ClF2. The Morgan fingerprint density at radius 1 is 1.26 bits per heavy atom. The van der Waals surface area contributed by atoms with Crippen LogP contribution in [0.15, 0.2) is 30.3 Å². The molecule has 1 aromatic rings. The molecule has 0 heterocycles. The highest BCUT2D eigenvalue weighted by Crippen LogP contribution is 2.39. The average Bonchev–Trinajstić information content (AvgIpc) is 2.38. The van der Waals surface area contributed by atoms with Gasteiger partial charge in [-0.05, 0) is 36.7 Å². The molecule has 3 heteroatoms. The summed E-state index contributed by atoms with van der Waals surface area (Å²) in [6.45, 7) is 0. The molecule has 1 aliphatic rings. The molecule has 0 aliphatic heterocycles. The standard InChI is InChI=1S/C16H21ClF2/c17-12-15(9-13-5-2-1-3-6-13)10-14-7-4-8-16(18,19)11-14/h1-3,5-6,14-15H,4,7-12H2. The SMILES string of the molecule is FC1(F)CCCC(CC(CCl)Cc2ccccc2)C1. The van der Waals surface area contributed by atoms with Gasteiger partial charge in [-0.2, -0.15) is 0 Å². The first-order valence-corrected chi connectivity index (χ1v) is 7.60. The Hall–Kier alpha value is -0.630. The minimum Gasteiger partial charge on any atom is -0.207 e. The van der Waals surface area contributed by atoms with E-state index in [1.165, 1.54) is 5.56 Å². The first-order chi connectivity index (χ1) is 9.09. The number of hydrogen-bond acceptors (Lipinski definition) is 0. The molecule has 1 aromatic carbocycles. The smallest absolute Gasteiger partial charge is 0.207 e. The molecule has 0 N–H and O–H groups in total. The van der Waals surface area contributed by atoms with Crippen molar-refractivity contribution in [1.29, 1.82) is 0 Å². The Labute approximate surface area is 119 Å². The molecule has 0 amide bonds. The number of benzene rings is 1. The maximum absolute atomic E-state index is 13.4. The Morgan fingerprint density at radius 3 is 2.63 bits per heavy atom. The molecule has 2 unspecified atom stereocenters. The van der Waals surface area contributed by atoms with Crippen LogP contribution in [-0.2, 0) is 6.42 Å². The normalized spacial score (nSPS) is 24.1. The molecule has 19 heavy (non-hydrogen) atoms. The molecule has 1 aliphatic carbocycles. The monoisotopic (exact) mass is 286 g/mol. The molecule has 0 radical (unpaired) electrons. The predicted octanol–water partition coefficient (Wildman–Crippen LogP) is 5.30. The van der Waals surface area contributed by atoms with E-state index in [0.29, 0.717) is 18.2 Å². The lowest BCUT2D eigenvalue weighted by Gasteiger charge is -2.31. The number of halogens is 3. The summed E-state index contributed by atoms with van der Waals surface area (Å²) in [4.78, 5) is 0. The van der Waals surface area contributed by atoms with Gasteiger partial charge in [0.2, 0.25) is 5.92 Å². The molecule has 0 bridgehead atoms. The summed E-state index contributed by atoms with van der Waals surface area (Å²) >= 11 is 6.02. The molecule has 0 spiro atoms. The highest BCUT2D eigenvalue weighted by Gasteiger charge is 2.36. The second kappa shape index (κ2) is 6.69. The lowest BCUT2D eigenvalue weighted by Crippen LogP contribution is -2.28. The Morgan fingerprint density at radius 2 is 2.00 bits per heavy atom. The first kappa shape index (κ1) is 14.8. The van der Waals surface area contributed by atoms with E-state index in [9.17, 15) is 8.78 Å². The topological polar surface area (TPSA) is 0 Å². The molecular weight excluding hydrogens is 266 g/mol. The van der Waals surface area contributed by atoms with Crippen LogP contribution >= 0.6 is 11.6 Å². The van der Waals surface area contributed by atoms with Gasteiger partial charge in [0.25, 0.3) is 0 Å². The summed E-state index contributed by atoms with van der Waals surface area (Å²) in [5.74, 6) is -1.46. The molecule has 1 saturated carbocycles. The van der Waals surface area contributed by atoms with Crippen molar-refractivity contribution in [2.24, 2.45) is 11.8 Å². The number of hydrogen-bond donors (Lipinski definition) is 0. The van der Waals surface area contributed by atoms with Gasteiger partial charge in [0.05, 0.1) is 0 Å². The van der Waals surface area contributed by atoms with Gasteiger partial charge in [-0.1, -0.05) is 36.8 Å². The van der Waals surface area contributed by atoms with Crippen molar-refractivity contribution in [2.45, 2.75) is 44.4 Å². The molecule has 0 nitrogen and oxygen atoms in total. The van der Waals surface area contributed by atoms with Crippen LogP contribution < -0.4 is 0 Å². The van der Waals surface area contributed by atoms with Crippen molar-refractivity contribution in [3.05, 3.63) is 35.9 Å². The summed E-state index contributed by atoms with van der Waals surface area (Å²) in [7, 11) is 0. The molecule has 0 aromatic heterocycles. The zero-order valence-electron chi connectivity index (χ0n) is 11.1. The van der Waals surface area contributed by atoms with E-state index in [0.717, 1.165) is 19.3 Å². The molecule has 106 valence electrons. The van der Waals surface area contributed by atoms with E-state index in [1.807, 2.05) is 18.2 Å². The van der Waals surface area contributed by atoms with Crippen molar-refractivity contribution in [3.8, 4) is 0 Å². The molecule has 2 rings (SSSR count). The molecule has 2 atom stereocenters. The third-order valence-corrected chi connectivity index (χ3v) is 4.43. The zero-order valence-corrected chi connectivity index (χ0v) is 11.9. The third-order valence-electron chi connectivity index (χ3n) is 3.99. The largest absolute Gasteiger partial charge is 0.248 e. The van der Waals surface area contributed by atoms with Crippen molar-refractivity contribution >= 4 is 11.6 Å². The fourth-order valence-electron chi connectivity index (χ4n) is 3.10. The predicted molar refractivity (Wildman–Crippen MR) is 75.9 cm³/mol. The zero-order chi connectivity index (χ0) is 13.7. The van der Waals surface area contributed by atoms with E-state index < -0.39 is 5.92 Å². The second-order valence-corrected chi connectivity index (χ2v) is 6.07. The molecule has 0 saturated heterocycles. The minimum atomic E-state index is -2.45. The van der Waals surface area contributed by atoms with E-state index >= 15 is 0 Å². The van der Waals surface area contributed by atoms with Crippen LogP contribution in [0.4, 0.5) is 8.78 Å². The van der Waals surface area contributed by atoms with Gasteiger partial charge in [0.1, 0.15) is 0 Å². The second-order valence-electron chi connectivity index (χ2n) is 5.76. The van der Waals surface area contributed by atoms with Gasteiger partial charge in [-0.25, -0.2) is 8.78 Å². The van der Waals surface area contributed by atoms with E-state index in [1.54, 1.807) is 0 Å². The number of alkyl halides is 3. The van der Waals surface area contributed by atoms with Crippen molar-refractivity contribution in [3.63, 3.8) is 0 Å². The van der Waals surface area contributed by atoms with Crippen LogP contribution in [0.3, 0.4) is 0 Å². The first-order valence-electron chi connectivity index (χ1n) is 7.07. The fourth-order valence-corrected chi connectivity index (χ4v) is 3.33. The Kier molecular flexibility index (Phi) is 5.20. The summed E-state index contributed by atoms with van der Waals surface area (Å²) in [6.07, 6.45) is 3.42. The summed E-state index contributed by atoms with van der Waals surface area (Å²) in [6, 6.07) is 10.2. The Balaban J connectivity index is 1.88. The average molecular weight is 287 g/mol. The van der Waals surface area contributed by atoms with Crippen LogP contribution in [0.5, 0.6) is 0 Å². The van der Waals surface area contributed by atoms with E-state index in [2.05, 4.69) is 12.1 Å². The summed E-state index contributed by atoms with van der Waals surface area (Å²) < 4.78 is 26.8. The van der Waals surface area contributed by atoms with Crippen LogP contribution in [0, 0.1) is 11.8 Å². The van der Waals surface area contributed by atoms with Crippen molar-refractivity contribution in [1.82, 2.24) is 0 Å². The van der Waals surface area contributed by atoms with E-state index in [4.69, 9.17) is 11.6 Å². The van der Waals surface area contributed by atoms with Gasteiger partial charge in [-0.15, -0.1) is 11.6 Å². The van der Waals surface area contributed by atoms with Crippen molar-refractivity contribution in [2.75, 3.05) is 5.88 Å². The lowest BCUT2D eigenvalue weighted by atomic mass is 9.80. The molecule has 1 fully saturated rings. The maximum atomic E-state index is 13.4. The van der Waals surface area contributed by atoms with Crippen molar-refractivity contribution < 1.29 is 8.78 Å². The van der Waals surface area contributed by atoms with Gasteiger partial charge in [0, 0.05) is 18.7 Å². The Bertz CT molecular complexity index is 378.